The van der Waals surface area contributed by atoms with Gasteiger partial charge in [0.1, 0.15) is 0 Å². The van der Waals surface area contributed by atoms with Crippen molar-refractivity contribution in [3.8, 4) is 11.5 Å². The van der Waals surface area contributed by atoms with Gasteiger partial charge in [0.2, 0.25) is 12.7 Å². The van der Waals surface area contributed by atoms with E-state index >= 15 is 0 Å². The molecule has 22 heavy (non-hydrogen) atoms. The molecule has 2 atom stereocenters. The summed E-state index contributed by atoms with van der Waals surface area (Å²) in [6, 6.07) is 5.78. The van der Waals surface area contributed by atoms with Gasteiger partial charge in [-0.05, 0) is 55.5 Å². The third-order valence-corrected chi connectivity index (χ3v) is 4.57. The van der Waals surface area contributed by atoms with E-state index in [1.165, 1.54) is 12.8 Å². The van der Waals surface area contributed by atoms with Crippen molar-refractivity contribution in [2.24, 2.45) is 11.8 Å². The summed E-state index contributed by atoms with van der Waals surface area (Å²) in [4.78, 5) is 12.1. The Bertz CT molecular complexity index is 527. The van der Waals surface area contributed by atoms with Crippen molar-refractivity contribution in [3.05, 3.63) is 23.8 Å². The van der Waals surface area contributed by atoms with Crippen LogP contribution in [0.25, 0.3) is 0 Å². The summed E-state index contributed by atoms with van der Waals surface area (Å²) in [6.45, 7) is 5.14. The van der Waals surface area contributed by atoms with E-state index in [1.54, 1.807) is 0 Å². The van der Waals surface area contributed by atoms with Crippen LogP contribution in [0.15, 0.2) is 18.2 Å². The fourth-order valence-corrected chi connectivity index (χ4v) is 3.15. The largest absolute Gasteiger partial charge is 0.454 e. The highest BCUT2D eigenvalue weighted by Gasteiger charge is 2.22. The zero-order valence-electron chi connectivity index (χ0n) is 13.1. The molecule has 2 aliphatic heterocycles. The molecule has 0 spiro atoms. The molecule has 2 aliphatic rings. The van der Waals surface area contributed by atoms with Crippen LogP contribution in [-0.4, -0.2) is 25.8 Å². The molecule has 2 N–H and O–H groups in total. The normalized spacial score (nSPS) is 21.4. The van der Waals surface area contributed by atoms with Crippen molar-refractivity contribution in [1.82, 2.24) is 10.6 Å². The van der Waals surface area contributed by atoms with Crippen LogP contribution in [0.5, 0.6) is 11.5 Å². The first-order valence-corrected chi connectivity index (χ1v) is 8.08. The molecule has 1 aromatic rings. The van der Waals surface area contributed by atoms with Crippen LogP contribution in [-0.2, 0) is 11.3 Å². The van der Waals surface area contributed by atoms with Crippen LogP contribution >= 0.6 is 0 Å². The summed E-state index contributed by atoms with van der Waals surface area (Å²) in [5.74, 6) is 2.69. The number of carbonyl (C=O) groups excluding carboxylic acids is 1. The number of nitrogens with one attached hydrogen (secondary N) is 2. The molecule has 0 bridgehead atoms. The molecule has 0 saturated carbocycles. The van der Waals surface area contributed by atoms with E-state index in [9.17, 15) is 4.79 Å². The summed E-state index contributed by atoms with van der Waals surface area (Å²) in [5, 5.41) is 6.42. The molecule has 0 aliphatic carbocycles. The number of ether oxygens (including phenoxy) is 2. The molecule has 5 heteroatoms. The summed E-state index contributed by atoms with van der Waals surface area (Å²) in [6.07, 6.45) is 3.04. The van der Waals surface area contributed by atoms with Crippen LogP contribution in [0.4, 0.5) is 0 Å². The number of fused-ring (bicyclic) bond motifs is 1. The highest BCUT2D eigenvalue weighted by atomic mass is 16.7. The van der Waals surface area contributed by atoms with Crippen molar-refractivity contribution in [3.63, 3.8) is 0 Å². The van der Waals surface area contributed by atoms with Gasteiger partial charge in [0.25, 0.3) is 0 Å². The first-order valence-electron chi connectivity index (χ1n) is 8.08. The number of hydrogen-bond acceptors (Lipinski definition) is 4. The van der Waals surface area contributed by atoms with Crippen molar-refractivity contribution in [2.75, 3.05) is 19.9 Å². The van der Waals surface area contributed by atoms with Gasteiger partial charge in [-0.3, -0.25) is 4.79 Å². The van der Waals surface area contributed by atoms with Crippen molar-refractivity contribution < 1.29 is 14.3 Å². The molecule has 2 unspecified atom stereocenters. The Balaban J connectivity index is 1.45. The Morgan fingerprint density at radius 2 is 2.27 bits per heavy atom. The first kappa shape index (κ1) is 15.2. The Morgan fingerprint density at radius 1 is 1.41 bits per heavy atom. The molecule has 1 fully saturated rings. The van der Waals surface area contributed by atoms with Gasteiger partial charge in [-0.2, -0.15) is 0 Å². The maximum atomic E-state index is 12.1. The van der Waals surface area contributed by atoms with Crippen molar-refractivity contribution in [1.29, 1.82) is 0 Å². The van der Waals surface area contributed by atoms with E-state index in [1.807, 2.05) is 18.2 Å². The highest BCUT2D eigenvalue weighted by molar-refractivity contribution is 5.76. The highest BCUT2D eigenvalue weighted by Crippen LogP contribution is 2.32. The minimum absolute atomic E-state index is 0.121. The second kappa shape index (κ2) is 7.01. The van der Waals surface area contributed by atoms with Gasteiger partial charge in [0.15, 0.2) is 11.5 Å². The minimum atomic E-state index is 0.121. The monoisotopic (exact) mass is 304 g/mol. The predicted molar refractivity (Wildman–Crippen MR) is 83.8 cm³/mol. The zero-order valence-corrected chi connectivity index (χ0v) is 13.1. The van der Waals surface area contributed by atoms with Crippen LogP contribution in [0, 0.1) is 11.8 Å². The van der Waals surface area contributed by atoms with Crippen LogP contribution < -0.4 is 20.1 Å². The van der Waals surface area contributed by atoms with Gasteiger partial charge in [0, 0.05) is 13.0 Å². The second-order valence-electron chi connectivity index (χ2n) is 6.25. The van der Waals surface area contributed by atoms with Gasteiger partial charge in [-0.25, -0.2) is 0 Å². The number of hydrogen-bond donors (Lipinski definition) is 2. The van der Waals surface area contributed by atoms with Gasteiger partial charge in [0.05, 0.1) is 0 Å². The number of piperidine rings is 1. The van der Waals surface area contributed by atoms with Gasteiger partial charge in [-0.1, -0.05) is 13.0 Å². The Kier molecular flexibility index (Phi) is 4.83. The van der Waals surface area contributed by atoms with Crippen LogP contribution in [0.2, 0.25) is 0 Å². The Hall–Kier alpha value is -1.75. The average molecular weight is 304 g/mol. The third kappa shape index (κ3) is 3.71. The molecular weight excluding hydrogens is 280 g/mol. The fourth-order valence-electron chi connectivity index (χ4n) is 3.15. The fraction of sp³-hybridized carbons (Fsp3) is 0.588. The smallest absolute Gasteiger partial charge is 0.231 e. The molecular formula is C17H24N2O3. The van der Waals surface area contributed by atoms with Crippen LogP contribution in [0.1, 0.15) is 31.7 Å². The standard InChI is InChI=1S/C17H24N2O3/c1-12(14-3-2-6-18-10-14)7-17(20)19-9-13-4-5-15-16(8-13)22-11-21-15/h4-5,8,12,14,18H,2-3,6-7,9-11H2,1H3,(H,19,20). The first-order chi connectivity index (χ1) is 10.7. The topological polar surface area (TPSA) is 59.6 Å². The van der Waals surface area contributed by atoms with E-state index < -0.39 is 0 Å². The van der Waals surface area contributed by atoms with E-state index in [-0.39, 0.29) is 12.7 Å². The third-order valence-electron chi connectivity index (χ3n) is 4.57. The van der Waals surface area contributed by atoms with Gasteiger partial charge in [-0.15, -0.1) is 0 Å². The average Bonchev–Trinajstić information content (AvgIpc) is 3.01. The number of benzene rings is 1. The maximum absolute atomic E-state index is 12.1. The summed E-state index contributed by atoms with van der Waals surface area (Å²) >= 11 is 0. The maximum Gasteiger partial charge on any atom is 0.231 e. The summed E-state index contributed by atoms with van der Waals surface area (Å²) in [7, 11) is 0. The molecule has 2 heterocycles. The molecule has 5 nitrogen and oxygen atoms in total. The van der Waals surface area contributed by atoms with E-state index in [4.69, 9.17) is 9.47 Å². The Labute approximate surface area is 131 Å². The lowest BCUT2D eigenvalue weighted by Crippen LogP contribution is -2.35. The molecule has 1 aromatic carbocycles. The van der Waals surface area contributed by atoms with E-state index in [2.05, 4.69) is 17.6 Å². The predicted octanol–water partition coefficient (Wildman–Crippen LogP) is 2.06. The number of amides is 1. The SMILES string of the molecule is CC(CC(=O)NCc1ccc2c(c1)OCO2)C1CCCNC1. The summed E-state index contributed by atoms with van der Waals surface area (Å²) < 4.78 is 10.6. The molecule has 0 radical (unpaired) electrons. The second-order valence-corrected chi connectivity index (χ2v) is 6.25. The number of carbonyl (C=O) groups is 1. The lowest BCUT2D eigenvalue weighted by molar-refractivity contribution is -0.122. The van der Waals surface area contributed by atoms with Gasteiger partial charge < -0.3 is 20.1 Å². The lowest BCUT2D eigenvalue weighted by Gasteiger charge is -2.28. The van der Waals surface area contributed by atoms with Crippen LogP contribution in [0.3, 0.4) is 0 Å². The molecule has 0 aromatic heterocycles. The zero-order chi connectivity index (χ0) is 15.4. The van der Waals surface area contributed by atoms with Gasteiger partial charge >= 0.3 is 0 Å². The molecule has 3 rings (SSSR count). The van der Waals surface area contributed by atoms with Crippen molar-refractivity contribution in [2.45, 2.75) is 32.7 Å². The molecule has 120 valence electrons. The quantitative estimate of drug-likeness (QED) is 0.874. The Morgan fingerprint density at radius 3 is 3.09 bits per heavy atom. The lowest BCUT2D eigenvalue weighted by atomic mass is 9.85. The minimum Gasteiger partial charge on any atom is -0.454 e. The molecule has 1 amide bonds. The summed E-state index contributed by atoms with van der Waals surface area (Å²) in [5.41, 5.74) is 1.03. The molecule has 1 saturated heterocycles. The van der Waals surface area contributed by atoms with E-state index in [0.717, 1.165) is 30.2 Å². The van der Waals surface area contributed by atoms with E-state index in [0.29, 0.717) is 24.8 Å². The number of rotatable bonds is 5. The van der Waals surface area contributed by atoms with Crippen molar-refractivity contribution >= 4 is 5.91 Å².